The van der Waals surface area contributed by atoms with Crippen molar-refractivity contribution in [3.05, 3.63) is 83.9 Å². The average molecular weight is 470 g/mol. The van der Waals surface area contributed by atoms with Crippen molar-refractivity contribution in [2.45, 2.75) is 23.5 Å². The lowest BCUT2D eigenvalue weighted by atomic mass is 10.0. The molecule has 2 atom stereocenters. The molecule has 0 fully saturated rings. The molecule has 1 aliphatic carbocycles. The van der Waals surface area contributed by atoms with E-state index in [-0.39, 0.29) is 11.6 Å². The van der Waals surface area contributed by atoms with Gasteiger partial charge in [0, 0.05) is 12.0 Å². The highest BCUT2D eigenvalue weighted by atomic mass is 32.5. The molecular formula is C22H19F5N2O2S. The summed E-state index contributed by atoms with van der Waals surface area (Å²) in [5.74, 6) is 0. The van der Waals surface area contributed by atoms with Crippen molar-refractivity contribution in [2.24, 2.45) is 0 Å². The van der Waals surface area contributed by atoms with Gasteiger partial charge in [-0.15, -0.1) is 0 Å². The summed E-state index contributed by atoms with van der Waals surface area (Å²) in [4.78, 5) is 10.5. The predicted molar refractivity (Wildman–Crippen MR) is 114 cm³/mol. The molecule has 170 valence electrons. The summed E-state index contributed by atoms with van der Waals surface area (Å²) in [5.41, 5.74) is 1.65. The second kappa shape index (κ2) is 6.94. The largest absolute Gasteiger partial charge is 0.390 e. The molecule has 2 amide bonds. The third kappa shape index (κ3) is 4.56. The highest BCUT2D eigenvalue weighted by molar-refractivity contribution is 8.45. The maximum atomic E-state index is 13.4. The van der Waals surface area contributed by atoms with E-state index in [1.54, 1.807) is 54.6 Å². The Balaban J connectivity index is 1.68. The summed E-state index contributed by atoms with van der Waals surface area (Å²) in [6, 6.07) is 14.9. The molecule has 0 saturated heterocycles. The Morgan fingerprint density at radius 2 is 1.56 bits per heavy atom. The van der Waals surface area contributed by atoms with Gasteiger partial charge in [-0.1, -0.05) is 80.1 Å². The fourth-order valence-corrected chi connectivity index (χ4v) is 4.45. The van der Waals surface area contributed by atoms with Crippen molar-refractivity contribution >= 4 is 21.9 Å². The Kier molecular flexibility index (Phi) is 4.80. The van der Waals surface area contributed by atoms with Crippen LogP contribution in [0.2, 0.25) is 0 Å². The summed E-state index contributed by atoms with van der Waals surface area (Å²) >= 11 is 0. The third-order valence-electron chi connectivity index (χ3n) is 5.26. The number of halogens is 5. The lowest BCUT2D eigenvalue weighted by Gasteiger charge is -2.40. The standard InChI is InChI=1S/C22H19F5N2O2S/c23-32(24,25,26,27)16-10-11-17(14-6-2-1-3-7-14)19(13-16)28-22(31)29-21-18-9-5-4-8-15(18)12-20(21)30/h1-11,13,20-21,30H,12H2,(H2,28,29,31). The Morgan fingerprint density at radius 3 is 2.25 bits per heavy atom. The molecule has 1 aliphatic rings. The van der Waals surface area contributed by atoms with Crippen LogP contribution in [0.25, 0.3) is 11.1 Å². The molecule has 0 radical (unpaired) electrons. The van der Waals surface area contributed by atoms with E-state index in [1.165, 1.54) is 0 Å². The smallest absolute Gasteiger partial charge is 0.319 e. The van der Waals surface area contributed by atoms with E-state index in [0.717, 1.165) is 11.6 Å². The number of nitrogens with one attached hydrogen (secondary N) is 2. The lowest BCUT2D eigenvalue weighted by molar-refractivity contribution is 0.144. The molecule has 3 aromatic carbocycles. The van der Waals surface area contributed by atoms with Crippen molar-refractivity contribution < 1.29 is 29.3 Å². The van der Waals surface area contributed by atoms with Crippen LogP contribution in [0.15, 0.2) is 77.7 Å². The minimum absolute atomic E-state index is 0.138. The number of amides is 2. The lowest BCUT2D eigenvalue weighted by Crippen LogP contribution is -2.37. The topological polar surface area (TPSA) is 61.4 Å². The number of fused-ring (bicyclic) bond motifs is 1. The number of carbonyl (C=O) groups excluding carboxylic acids is 1. The Morgan fingerprint density at radius 1 is 0.906 bits per heavy atom. The van der Waals surface area contributed by atoms with Gasteiger partial charge in [0.15, 0.2) is 0 Å². The minimum Gasteiger partial charge on any atom is -0.390 e. The number of carbonyl (C=O) groups is 1. The second-order valence-electron chi connectivity index (χ2n) is 7.59. The number of hydrogen-bond donors (Lipinski definition) is 3. The first-order chi connectivity index (χ1) is 14.8. The Labute approximate surface area is 180 Å². The first-order valence-electron chi connectivity index (χ1n) is 9.59. The van der Waals surface area contributed by atoms with Crippen molar-refractivity contribution in [1.29, 1.82) is 0 Å². The zero-order valence-electron chi connectivity index (χ0n) is 16.4. The highest BCUT2D eigenvalue weighted by Gasteiger charge is 2.65. The molecule has 3 aromatic rings. The van der Waals surface area contributed by atoms with E-state index < -0.39 is 39.0 Å². The molecule has 10 heteroatoms. The van der Waals surface area contributed by atoms with Gasteiger partial charge >= 0.3 is 16.3 Å². The molecule has 4 nitrogen and oxygen atoms in total. The molecule has 32 heavy (non-hydrogen) atoms. The van der Waals surface area contributed by atoms with Crippen LogP contribution in [0.3, 0.4) is 0 Å². The molecule has 4 rings (SSSR count). The van der Waals surface area contributed by atoms with Crippen LogP contribution in [0, 0.1) is 0 Å². The molecule has 0 heterocycles. The van der Waals surface area contributed by atoms with Gasteiger partial charge in [0.25, 0.3) is 0 Å². The van der Waals surface area contributed by atoms with Crippen LogP contribution in [0.1, 0.15) is 17.2 Å². The fraction of sp³-hybridized carbons (Fsp3) is 0.136. The third-order valence-corrected chi connectivity index (χ3v) is 6.40. The van der Waals surface area contributed by atoms with Crippen molar-refractivity contribution in [3.63, 3.8) is 0 Å². The van der Waals surface area contributed by atoms with Gasteiger partial charge in [-0.25, -0.2) is 4.79 Å². The van der Waals surface area contributed by atoms with Gasteiger partial charge in [-0.3, -0.25) is 0 Å². The summed E-state index contributed by atoms with van der Waals surface area (Å²) < 4.78 is 66.9. The van der Waals surface area contributed by atoms with E-state index in [9.17, 15) is 29.3 Å². The highest BCUT2D eigenvalue weighted by Crippen LogP contribution is 3.02. The molecule has 0 aliphatic heterocycles. The van der Waals surface area contributed by atoms with E-state index in [4.69, 9.17) is 0 Å². The number of benzene rings is 3. The van der Waals surface area contributed by atoms with Crippen LogP contribution in [-0.2, 0) is 6.42 Å². The summed E-state index contributed by atoms with van der Waals surface area (Å²) in [6.45, 7) is 0. The van der Waals surface area contributed by atoms with Gasteiger partial charge in [0.2, 0.25) is 0 Å². The van der Waals surface area contributed by atoms with Crippen molar-refractivity contribution in [3.8, 4) is 11.1 Å². The van der Waals surface area contributed by atoms with Crippen LogP contribution < -0.4 is 10.6 Å². The number of anilines is 1. The Bertz CT molecular complexity index is 1190. The van der Waals surface area contributed by atoms with E-state index in [1.807, 2.05) is 0 Å². The monoisotopic (exact) mass is 470 g/mol. The average Bonchev–Trinajstić information content (AvgIpc) is 3.02. The van der Waals surface area contributed by atoms with E-state index in [2.05, 4.69) is 10.6 Å². The number of aliphatic hydroxyl groups is 1. The van der Waals surface area contributed by atoms with Crippen molar-refractivity contribution in [2.75, 3.05) is 5.32 Å². The Hall–Kier alpha value is -3.11. The SMILES string of the molecule is O=C(Nc1cc(S(F)(F)(F)(F)F)ccc1-c1ccccc1)NC1c2ccccc2CC1O. The fourth-order valence-electron chi connectivity index (χ4n) is 3.78. The summed E-state index contributed by atoms with van der Waals surface area (Å²) in [6.07, 6.45) is -0.626. The van der Waals surface area contributed by atoms with Crippen LogP contribution >= 0.6 is 10.2 Å². The van der Waals surface area contributed by atoms with Crippen molar-refractivity contribution in [1.82, 2.24) is 5.32 Å². The van der Waals surface area contributed by atoms with Gasteiger partial charge in [-0.2, -0.15) is 0 Å². The molecule has 0 bridgehead atoms. The molecule has 0 saturated carbocycles. The van der Waals surface area contributed by atoms with Gasteiger partial charge in [-0.05, 0) is 28.8 Å². The quantitative estimate of drug-likeness (QED) is 0.368. The predicted octanol–water partition coefficient (Wildman–Crippen LogP) is 6.79. The number of rotatable bonds is 4. The first-order valence-corrected chi connectivity index (χ1v) is 11.5. The second-order valence-corrected chi connectivity index (χ2v) is 10.00. The molecule has 2 unspecified atom stereocenters. The number of urea groups is 1. The zero-order valence-corrected chi connectivity index (χ0v) is 17.3. The molecule has 0 spiro atoms. The number of aliphatic hydroxyl groups excluding tert-OH is 1. The van der Waals surface area contributed by atoms with Crippen LogP contribution in [-0.4, -0.2) is 17.2 Å². The maximum Gasteiger partial charge on any atom is 0.319 e. The molecule has 0 aromatic heterocycles. The zero-order chi connectivity index (χ0) is 23.2. The maximum absolute atomic E-state index is 13.4. The molecular weight excluding hydrogens is 451 g/mol. The minimum atomic E-state index is -9.97. The summed E-state index contributed by atoms with van der Waals surface area (Å²) in [5, 5.41) is 15.1. The number of hydrogen-bond acceptors (Lipinski definition) is 2. The van der Waals surface area contributed by atoms with Crippen LogP contribution in [0.4, 0.5) is 29.9 Å². The van der Waals surface area contributed by atoms with Gasteiger partial charge in [0.1, 0.15) is 4.90 Å². The normalized spacial score (nSPS) is 20.1. The molecule has 3 N–H and O–H groups in total. The van der Waals surface area contributed by atoms with E-state index >= 15 is 0 Å². The first kappa shape index (κ1) is 22.1. The van der Waals surface area contributed by atoms with Crippen LogP contribution in [0.5, 0.6) is 0 Å². The van der Waals surface area contributed by atoms with Gasteiger partial charge < -0.3 is 15.7 Å². The van der Waals surface area contributed by atoms with E-state index in [0.29, 0.717) is 23.6 Å². The summed E-state index contributed by atoms with van der Waals surface area (Å²) in [7, 11) is -9.97. The van der Waals surface area contributed by atoms with Gasteiger partial charge in [0.05, 0.1) is 17.8 Å².